The van der Waals surface area contributed by atoms with Crippen LogP contribution in [0.4, 0.5) is 0 Å². The van der Waals surface area contributed by atoms with E-state index in [0.717, 1.165) is 12.0 Å². The van der Waals surface area contributed by atoms with Crippen molar-refractivity contribution in [2.45, 2.75) is 90.4 Å². The molecule has 0 aromatic heterocycles. The molecule has 0 unspecified atom stereocenters. The minimum atomic E-state index is -2.45. The molecule has 1 saturated carbocycles. The van der Waals surface area contributed by atoms with Crippen LogP contribution in [-0.2, 0) is 14.9 Å². The van der Waals surface area contributed by atoms with E-state index in [4.69, 9.17) is 4.74 Å². The van der Waals surface area contributed by atoms with Crippen LogP contribution in [0.1, 0.15) is 82.8 Å². The molecule has 3 heteroatoms. The Kier molecular flexibility index (Phi) is 9.28. The summed E-state index contributed by atoms with van der Waals surface area (Å²) in [5.74, 6) is 0.132. The standard InChI is InChI=1S/C17H15O2.3C4H9.Sn/c1-19-16(18)17(14-10-6-3-7-11-14)12-15(17)13-8-4-2-5-9-13;3*1-3-4-2;/h2,4-11,15H,12H2,1H3;3*1,3-4H2,2H3;/t15-,17-;;;;/m0..../s1. The van der Waals surface area contributed by atoms with Gasteiger partial charge in [-0.2, -0.15) is 0 Å². The Labute approximate surface area is 200 Å². The molecule has 1 aliphatic rings. The van der Waals surface area contributed by atoms with Crippen LogP contribution < -0.4 is 3.58 Å². The zero-order valence-electron chi connectivity index (χ0n) is 20.7. The van der Waals surface area contributed by atoms with E-state index in [0.29, 0.717) is 0 Å². The first-order chi connectivity index (χ1) is 15.6. The first-order valence-electron chi connectivity index (χ1n) is 12.8. The third-order valence-electron chi connectivity index (χ3n) is 7.75. The average Bonchev–Trinajstić information content (AvgIpc) is 3.61. The molecule has 2 aromatic carbocycles. The van der Waals surface area contributed by atoms with Gasteiger partial charge in [0.2, 0.25) is 0 Å². The third kappa shape index (κ3) is 5.26. The second kappa shape index (κ2) is 11.7. The van der Waals surface area contributed by atoms with Crippen molar-refractivity contribution >= 4 is 27.9 Å². The Hall–Kier alpha value is -1.29. The fraction of sp³-hybridized carbons (Fsp3) is 0.552. The minimum absolute atomic E-state index is 0.0863. The molecule has 3 rings (SSSR count). The Morgan fingerprint density at radius 1 is 0.875 bits per heavy atom. The maximum absolute atomic E-state index is 13.0. The van der Waals surface area contributed by atoms with Crippen molar-refractivity contribution < 1.29 is 9.53 Å². The molecule has 0 radical (unpaired) electrons. The van der Waals surface area contributed by atoms with Gasteiger partial charge in [0.15, 0.2) is 0 Å². The van der Waals surface area contributed by atoms with Crippen LogP contribution in [0, 0.1) is 0 Å². The second-order valence-electron chi connectivity index (χ2n) is 9.80. The van der Waals surface area contributed by atoms with Crippen LogP contribution in [0.3, 0.4) is 0 Å². The van der Waals surface area contributed by atoms with Gasteiger partial charge in [0, 0.05) is 0 Å². The summed E-state index contributed by atoms with van der Waals surface area (Å²) in [6, 6.07) is 19.9. The number of methoxy groups -OCH3 is 1. The first kappa shape index (κ1) is 25.3. The van der Waals surface area contributed by atoms with Gasteiger partial charge in [-0.3, -0.25) is 0 Å². The monoisotopic (exact) mass is 542 g/mol. The summed E-state index contributed by atoms with van der Waals surface area (Å²) in [4.78, 5) is 13.0. The van der Waals surface area contributed by atoms with Crippen LogP contribution in [0.2, 0.25) is 13.3 Å². The molecule has 0 spiro atoms. The number of unbranched alkanes of at least 4 members (excludes halogenated alkanes) is 3. The predicted molar refractivity (Wildman–Crippen MR) is 138 cm³/mol. The number of benzene rings is 2. The van der Waals surface area contributed by atoms with Gasteiger partial charge in [-0.15, -0.1) is 0 Å². The Balaban J connectivity index is 1.94. The molecule has 0 N–H and O–H groups in total. The van der Waals surface area contributed by atoms with Gasteiger partial charge < -0.3 is 0 Å². The van der Waals surface area contributed by atoms with Gasteiger partial charge >= 0.3 is 201 Å². The van der Waals surface area contributed by atoms with Crippen LogP contribution in [0.15, 0.2) is 54.6 Å². The molecule has 0 aliphatic heterocycles. The predicted octanol–water partition coefficient (Wildman–Crippen LogP) is 7.34. The van der Waals surface area contributed by atoms with Gasteiger partial charge in [-0.25, -0.2) is 0 Å². The Bertz CT molecular complexity index is 823. The zero-order chi connectivity index (χ0) is 23.0. The summed E-state index contributed by atoms with van der Waals surface area (Å²) in [6.07, 6.45) is 8.82. The van der Waals surface area contributed by atoms with Crippen LogP contribution in [0.5, 0.6) is 0 Å². The molecule has 0 heterocycles. The molecular weight excluding hydrogens is 499 g/mol. The second-order valence-corrected chi connectivity index (χ2v) is 23.0. The van der Waals surface area contributed by atoms with Crippen LogP contribution >= 0.6 is 0 Å². The molecule has 1 fully saturated rings. The van der Waals surface area contributed by atoms with Crippen molar-refractivity contribution in [2.75, 3.05) is 7.11 Å². The summed E-state index contributed by atoms with van der Waals surface area (Å²) in [6.45, 7) is 6.99. The molecule has 0 amide bonds. The molecule has 1 aliphatic carbocycles. The molecule has 2 nitrogen and oxygen atoms in total. The van der Waals surface area contributed by atoms with E-state index in [1.54, 1.807) is 3.58 Å². The van der Waals surface area contributed by atoms with Crippen LogP contribution in [-0.4, -0.2) is 31.5 Å². The van der Waals surface area contributed by atoms with Crippen LogP contribution in [0.25, 0.3) is 0 Å². The molecule has 2 atom stereocenters. The number of carbonyl (C=O) groups excluding carboxylic acids is 1. The molecule has 32 heavy (non-hydrogen) atoms. The number of ether oxygens (including phenoxy) is 1. The topological polar surface area (TPSA) is 26.3 Å². The van der Waals surface area contributed by atoms with Crippen molar-refractivity contribution in [3.8, 4) is 0 Å². The molecule has 2 aromatic rings. The van der Waals surface area contributed by atoms with Crippen molar-refractivity contribution in [1.29, 1.82) is 0 Å². The van der Waals surface area contributed by atoms with E-state index in [1.807, 2.05) is 6.07 Å². The fourth-order valence-electron chi connectivity index (χ4n) is 5.67. The van der Waals surface area contributed by atoms with Gasteiger partial charge in [-0.1, -0.05) is 0 Å². The van der Waals surface area contributed by atoms with Crippen molar-refractivity contribution in [3.63, 3.8) is 0 Å². The summed E-state index contributed by atoms with van der Waals surface area (Å²) < 4.78 is 11.4. The molecule has 0 saturated heterocycles. The van der Waals surface area contributed by atoms with E-state index in [-0.39, 0.29) is 11.9 Å². The molecule has 0 bridgehead atoms. The van der Waals surface area contributed by atoms with Crippen molar-refractivity contribution in [3.05, 3.63) is 65.7 Å². The number of hydrogen-bond donors (Lipinski definition) is 0. The summed E-state index contributed by atoms with van der Waals surface area (Å²) >= 11 is -2.45. The third-order valence-corrected chi connectivity index (χ3v) is 23.4. The summed E-state index contributed by atoms with van der Waals surface area (Å²) in [5, 5.41) is 0. The summed E-state index contributed by atoms with van der Waals surface area (Å²) in [5.41, 5.74) is 1.87. The normalized spacial score (nSPS) is 20.2. The van der Waals surface area contributed by atoms with E-state index in [9.17, 15) is 4.79 Å². The van der Waals surface area contributed by atoms with Gasteiger partial charge in [0.1, 0.15) is 0 Å². The molecular formula is C29H42O2Sn. The average molecular weight is 541 g/mol. The van der Waals surface area contributed by atoms with Gasteiger partial charge in [0.25, 0.3) is 0 Å². The van der Waals surface area contributed by atoms with E-state index in [1.165, 1.54) is 64.5 Å². The van der Waals surface area contributed by atoms with Crippen molar-refractivity contribution in [2.24, 2.45) is 0 Å². The Morgan fingerprint density at radius 2 is 1.41 bits per heavy atom. The van der Waals surface area contributed by atoms with Gasteiger partial charge in [0.05, 0.1) is 0 Å². The number of hydrogen-bond acceptors (Lipinski definition) is 2. The number of esters is 1. The van der Waals surface area contributed by atoms with E-state index < -0.39 is 23.8 Å². The number of carbonyl (C=O) groups is 1. The fourth-order valence-corrected chi connectivity index (χ4v) is 21.6. The zero-order valence-corrected chi connectivity index (χ0v) is 23.5. The van der Waals surface area contributed by atoms with Gasteiger partial charge in [-0.05, 0) is 0 Å². The van der Waals surface area contributed by atoms with E-state index >= 15 is 0 Å². The SMILES string of the molecule is CCC[CH2][Sn]([CH2]CCC)([CH2]CCC)[c]1ccc([C@@]2(C(=O)OC)C[C@H]2c2ccccc2)cc1. The first-order valence-corrected chi connectivity index (χ1v) is 20.3. The van der Waals surface area contributed by atoms with Crippen molar-refractivity contribution in [1.82, 2.24) is 0 Å². The molecule has 174 valence electrons. The Morgan fingerprint density at radius 3 is 1.88 bits per heavy atom. The summed E-state index contributed by atoms with van der Waals surface area (Å²) in [7, 11) is 1.53. The maximum atomic E-state index is 13.0. The quantitative estimate of drug-likeness (QED) is 0.196. The number of rotatable bonds is 13. The van der Waals surface area contributed by atoms with E-state index in [2.05, 4.69) is 69.3 Å².